The van der Waals surface area contributed by atoms with Crippen molar-refractivity contribution in [3.05, 3.63) is 36.2 Å². The summed E-state index contributed by atoms with van der Waals surface area (Å²) in [6.45, 7) is 2.13. The summed E-state index contributed by atoms with van der Waals surface area (Å²) in [6.07, 6.45) is 3.93. The molecule has 2 aromatic rings. The summed E-state index contributed by atoms with van der Waals surface area (Å²) in [6, 6.07) is 6.48. The average Bonchev–Trinajstić information content (AvgIpc) is 2.65. The van der Waals surface area contributed by atoms with Gasteiger partial charge in [0.15, 0.2) is 0 Å². The zero-order valence-corrected chi connectivity index (χ0v) is 11.1. The Kier molecular flexibility index (Phi) is 3.61. The third kappa shape index (κ3) is 2.44. The van der Waals surface area contributed by atoms with Crippen LogP contribution in [0, 0.1) is 6.92 Å². The molecule has 0 radical (unpaired) electrons. The Morgan fingerprint density at radius 2 is 2.25 bits per heavy atom. The van der Waals surface area contributed by atoms with Crippen molar-refractivity contribution in [1.82, 2.24) is 9.78 Å². The number of aromatic nitrogens is 2. The fraction of sp³-hybridized carbons (Fsp3) is 0.250. The molecule has 1 heterocycles. The van der Waals surface area contributed by atoms with Gasteiger partial charge < -0.3 is 0 Å². The SMILES string of the molecule is Cc1cc(SCS)ccc1-c1cnn(C)c1. The molecule has 0 N–H and O–H groups in total. The van der Waals surface area contributed by atoms with Crippen molar-refractivity contribution in [1.29, 1.82) is 0 Å². The molecule has 0 unspecified atom stereocenters. The molecule has 16 heavy (non-hydrogen) atoms. The van der Waals surface area contributed by atoms with Gasteiger partial charge in [-0.25, -0.2) is 0 Å². The average molecular weight is 250 g/mol. The van der Waals surface area contributed by atoms with Crippen LogP contribution in [0.3, 0.4) is 0 Å². The predicted octanol–water partition coefficient (Wildman–Crippen LogP) is 3.37. The number of hydrogen-bond donors (Lipinski definition) is 1. The van der Waals surface area contributed by atoms with Crippen LogP contribution in [0.15, 0.2) is 35.5 Å². The first-order chi connectivity index (χ1) is 7.70. The second-order valence-corrected chi connectivity index (χ2v) is 5.45. The molecule has 0 saturated carbocycles. The molecule has 0 atom stereocenters. The van der Waals surface area contributed by atoms with Crippen molar-refractivity contribution in [2.45, 2.75) is 11.8 Å². The molecule has 0 amide bonds. The van der Waals surface area contributed by atoms with E-state index in [0.29, 0.717) is 0 Å². The maximum Gasteiger partial charge on any atom is 0.0568 e. The summed E-state index contributed by atoms with van der Waals surface area (Å²) >= 11 is 5.96. The fourth-order valence-corrected chi connectivity index (χ4v) is 2.71. The highest BCUT2D eigenvalue weighted by Crippen LogP contribution is 2.27. The van der Waals surface area contributed by atoms with E-state index in [2.05, 4.69) is 42.9 Å². The van der Waals surface area contributed by atoms with Crippen molar-refractivity contribution in [3.8, 4) is 11.1 Å². The monoisotopic (exact) mass is 250 g/mol. The number of nitrogens with zero attached hydrogens (tertiary/aromatic N) is 2. The van der Waals surface area contributed by atoms with Crippen molar-refractivity contribution >= 4 is 24.4 Å². The molecule has 0 saturated heterocycles. The second kappa shape index (κ2) is 4.97. The van der Waals surface area contributed by atoms with Gasteiger partial charge in [0.25, 0.3) is 0 Å². The van der Waals surface area contributed by atoms with Crippen molar-refractivity contribution in [3.63, 3.8) is 0 Å². The largest absolute Gasteiger partial charge is 0.275 e. The number of benzene rings is 1. The lowest BCUT2D eigenvalue weighted by Crippen LogP contribution is -1.85. The van der Waals surface area contributed by atoms with Crippen LogP contribution in [0.5, 0.6) is 0 Å². The molecule has 0 aliphatic carbocycles. The van der Waals surface area contributed by atoms with Crippen LogP contribution in [0.25, 0.3) is 11.1 Å². The van der Waals surface area contributed by atoms with E-state index in [4.69, 9.17) is 0 Å². The highest BCUT2D eigenvalue weighted by molar-refractivity contribution is 8.09. The maximum absolute atomic E-state index is 4.21. The third-order valence-corrected chi connectivity index (χ3v) is 3.55. The van der Waals surface area contributed by atoms with Gasteiger partial charge in [-0.2, -0.15) is 17.7 Å². The maximum atomic E-state index is 4.21. The van der Waals surface area contributed by atoms with Crippen LogP contribution < -0.4 is 0 Å². The minimum atomic E-state index is 0.811. The van der Waals surface area contributed by atoms with Gasteiger partial charge in [0.05, 0.1) is 6.20 Å². The normalized spacial score (nSPS) is 10.7. The molecule has 1 aromatic heterocycles. The van der Waals surface area contributed by atoms with Crippen LogP contribution in [-0.4, -0.2) is 14.9 Å². The summed E-state index contributed by atoms with van der Waals surface area (Å²) in [4.78, 5) is 1.26. The molecule has 4 heteroatoms. The minimum Gasteiger partial charge on any atom is -0.275 e. The predicted molar refractivity (Wildman–Crippen MR) is 73.1 cm³/mol. The van der Waals surface area contributed by atoms with E-state index < -0.39 is 0 Å². The topological polar surface area (TPSA) is 17.8 Å². The molecule has 0 bridgehead atoms. The zero-order chi connectivity index (χ0) is 11.5. The quantitative estimate of drug-likeness (QED) is 0.511. The summed E-state index contributed by atoms with van der Waals surface area (Å²) in [5, 5.41) is 5.00. The molecular formula is C12H14N2S2. The Labute approximate surface area is 105 Å². The van der Waals surface area contributed by atoms with E-state index >= 15 is 0 Å². The summed E-state index contributed by atoms with van der Waals surface area (Å²) in [5.74, 6) is 0. The van der Waals surface area contributed by atoms with Gasteiger partial charge in [-0.15, -0.1) is 11.8 Å². The molecular weight excluding hydrogens is 236 g/mol. The Bertz CT molecular complexity index is 492. The Hall–Kier alpha value is -0.870. The Morgan fingerprint density at radius 1 is 1.44 bits per heavy atom. The molecule has 0 spiro atoms. The first-order valence-corrected chi connectivity index (χ1v) is 6.66. The summed E-state index contributed by atoms with van der Waals surface area (Å²) < 4.78 is 1.82. The molecule has 2 rings (SSSR count). The fourth-order valence-electron chi connectivity index (χ4n) is 1.68. The van der Waals surface area contributed by atoms with Crippen LogP contribution in [0.2, 0.25) is 0 Å². The highest BCUT2D eigenvalue weighted by atomic mass is 32.2. The summed E-state index contributed by atoms with van der Waals surface area (Å²) in [7, 11) is 1.93. The Balaban J connectivity index is 2.36. The number of rotatable bonds is 3. The van der Waals surface area contributed by atoms with Crippen molar-refractivity contribution in [2.24, 2.45) is 7.05 Å². The molecule has 84 valence electrons. The number of hydrogen-bond acceptors (Lipinski definition) is 3. The highest BCUT2D eigenvalue weighted by Gasteiger charge is 2.04. The van der Waals surface area contributed by atoms with Crippen molar-refractivity contribution in [2.75, 3.05) is 5.08 Å². The lowest BCUT2D eigenvalue weighted by atomic mass is 10.0. The minimum absolute atomic E-state index is 0.811. The van der Waals surface area contributed by atoms with Gasteiger partial charge in [0.1, 0.15) is 0 Å². The lowest BCUT2D eigenvalue weighted by Gasteiger charge is -2.05. The van der Waals surface area contributed by atoms with Gasteiger partial charge in [0.2, 0.25) is 0 Å². The smallest absolute Gasteiger partial charge is 0.0568 e. The van der Waals surface area contributed by atoms with Crippen LogP contribution in [-0.2, 0) is 7.05 Å². The van der Waals surface area contributed by atoms with Gasteiger partial charge >= 0.3 is 0 Å². The summed E-state index contributed by atoms with van der Waals surface area (Å²) in [5.41, 5.74) is 3.69. The van der Waals surface area contributed by atoms with Gasteiger partial charge in [-0.1, -0.05) is 6.07 Å². The van der Waals surface area contributed by atoms with Gasteiger partial charge in [-0.05, 0) is 30.2 Å². The molecule has 2 nitrogen and oxygen atoms in total. The first kappa shape index (κ1) is 11.6. The molecule has 0 fully saturated rings. The van der Waals surface area contributed by atoms with E-state index in [0.717, 1.165) is 5.08 Å². The van der Waals surface area contributed by atoms with Crippen LogP contribution >= 0.6 is 24.4 Å². The first-order valence-electron chi connectivity index (χ1n) is 5.04. The zero-order valence-electron chi connectivity index (χ0n) is 9.34. The number of thioether (sulfide) groups is 1. The number of aryl methyl sites for hydroxylation is 2. The van der Waals surface area contributed by atoms with E-state index in [9.17, 15) is 0 Å². The van der Waals surface area contributed by atoms with Gasteiger partial charge in [0, 0.05) is 28.8 Å². The molecule has 0 aliphatic rings. The Morgan fingerprint density at radius 3 is 2.81 bits per heavy atom. The van der Waals surface area contributed by atoms with E-state index in [1.807, 2.05) is 24.1 Å². The van der Waals surface area contributed by atoms with E-state index in [1.54, 1.807) is 11.8 Å². The van der Waals surface area contributed by atoms with Gasteiger partial charge in [-0.3, -0.25) is 4.68 Å². The standard InChI is InChI=1S/C12H14N2S2/c1-9-5-11(16-8-15)3-4-12(9)10-6-13-14(2)7-10/h3-7,15H,8H2,1-2H3. The van der Waals surface area contributed by atoms with E-state index in [1.165, 1.54) is 21.6 Å². The number of thiol groups is 1. The van der Waals surface area contributed by atoms with Crippen LogP contribution in [0.4, 0.5) is 0 Å². The molecule has 0 aliphatic heterocycles. The molecule has 1 aromatic carbocycles. The van der Waals surface area contributed by atoms with E-state index in [-0.39, 0.29) is 0 Å². The second-order valence-electron chi connectivity index (χ2n) is 3.65. The lowest BCUT2D eigenvalue weighted by molar-refractivity contribution is 0.768. The van der Waals surface area contributed by atoms with Crippen LogP contribution in [0.1, 0.15) is 5.56 Å². The third-order valence-electron chi connectivity index (χ3n) is 2.44. The van der Waals surface area contributed by atoms with Crippen molar-refractivity contribution < 1.29 is 0 Å².